The van der Waals surface area contributed by atoms with E-state index in [9.17, 15) is 0 Å². The second-order valence-electron chi connectivity index (χ2n) is 14.9. The highest BCUT2D eigenvalue weighted by Crippen LogP contribution is 2.41. The molecule has 0 spiro atoms. The van der Waals surface area contributed by atoms with Crippen LogP contribution in [0.1, 0.15) is 0 Å². The van der Waals surface area contributed by atoms with Gasteiger partial charge in [-0.25, -0.2) is 0 Å². The summed E-state index contributed by atoms with van der Waals surface area (Å²) in [6.07, 6.45) is 0. The summed E-state index contributed by atoms with van der Waals surface area (Å²) in [5, 5.41) is 7.58. The minimum Gasteiger partial charge on any atom is -0.309 e. The van der Waals surface area contributed by atoms with Crippen LogP contribution >= 0.6 is 0 Å². The molecule has 266 valence electrons. The van der Waals surface area contributed by atoms with E-state index in [2.05, 4.69) is 226 Å². The van der Waals surface area contributed by atoms with Gasteiger partial charge in [-0.2, -0.15) is 0 Å². The Labute approximate surface area is 329 Å². The summed E-state index contributed by atoms with van der Waals surface area (Å²) in [6.45, 7) is 0. The normalized spacial score (nSPS) is 11.9. The van der Waals surface area contributed by atoms with Crippen LogP contribution in [-0.2, 0) is 0 Å². The average molecular weight is 726 g/mol. The van der Waals surface area contributed by atoms with Crippen LogP contribution in [0.5, 0.6) is 0 Å². The third kappa shape index (κ3) is 4.79. The number of aromatic nitrogens is 3. The lowest BCUT2D eigenvalue weighted by molar-refractivity contribution is 1.18. The molecule has 0 N–H and O–H groups in total. The van der Waals surface area contributed by atoms with Crippen LogP contribution in [0.25, 0.3) is 105 Å². The fourth-order valence-corrected chi connectivity index (χ4v) is 9.34. The van der Waals surface area contributed by atoms with E-state index in [4.69, 9.17) is 0 Å². The molecule has 0 bridgehead atoms. The van der Waals surface area contributed by atoms with Crippen LogP contribution < -0.4 is 0 Å². The van der Waals surface area contributed by atoms with Gasteiger partial charge in [-0.1, -0.05) is 140 Å². The van der Waals surface area contributed by atoms with E-state index in [1.807, 2.05) is 0 Å². The summed E-state index contributed by atoms with van der Waals surface area (Å²) < 4.78 is 7.19. The van der Waals surface area contributed by atoms with Crippen molar-refractivity contribution in [2.75, 3.05) is 0 Å². The van der Waals surface area contributed by atoms with Gasteiger partial charge in [-0.3, -0.25) is 0 Å². The first kappa shape index (κ1) is 31.7. The summed E-state index contributed by atoms with van der Waals surface area (Å²) in [5.41, 5.74) is 15.5. The second kappa shape index (κ2) is 12.5. The van der Waals surface area contributed by atoms with Crippen molar-refractivity contribution in [1.82, 2.24) is 13.7 Å². The van der Waals surface area contributed by atoms with Gasteiger partial charge in [0.1, 0.15) is 0 Å². The molecular weight excluding hydrogens is 691 g/mol. The molecule has 12 aromatic rings. The van der Waals surface area contributed by atoms with Crippen LogP contribution in [0.2, 0.25) is 0 Å². The van der Waals surface area contributed by atoms with Gasteiger partial charge in [-0.15, -0.1) is 0 Å². The zero-order valence-electron chi connectivity index (χ0n) is 31.0. The van der Waals surface area contributed by atoms with Crippen molar-refractivity contribution < 1.29 is 0 Å². The van der Waals surface area contributed by atoms with Crippen molar-refractivity contribution in [2.24, 2.45) is 0 Å². The zero-order chi connectivity index (χ0) is 37.5. The maximum Gasteiger partial charge on any atom is 0.0547 e. The highest BCUT2D eigenvalue weighted by molar-refractivity contribution is 6.17. The second-order valence-corrected chi connectivity index (χ2v) is 14.9. The van der Waals surface area contributed by atoms with Crippen LogP contribution in [0.3, 0.4) is 0 Å². The van der Waals surface area contributed by atoms with Crippen LogP contribution in [0.15, 0.2) is 212 Å². The molecule has 3 heteroatoms. The van der Waals surface area contributed by atoms with Gasteiger partial charge in [0, 0.05) is 49.4 Å². The molecule has 12 rings (SSSR count). The van der Waals surface area contributed by atoms with E-state index >= 15 is 0 Å². The maximum absolute atomic E-state index is 2.43. The van der Waals surface area contributed by atoms with E-state index < -0.39 is 0 Å². The first-order valence-electron chi connectivity index (χ1n) is 19.6. The van der Waals surface area contributed by atoms with Crippen molar-refractivity contribution in [3.63, 3.8) is 0 Å². The van der Waals surface area contributed by atoms with Crippen LogP contribution in [0, 0.1) is 0 Å². The van der Waals surface area contributed by atoms with Gasteiger partial charge in [0.25, 0.3) is 0 Å². The van der Waals surface area contributed by atoms with Crippen molar-refractivity contribution >= 4 is 65.4 Å². The third-order valence-electron chi connectivity index (χ3n) is 11.9. The third-order valence-corrected chi connectivity index (χ3v) is 11.9. The summed E-state index contributed by atoms with van der Waals surface area (Å²) in [7, 11) is 0. The number of benzene rings is 9. The van der Waals surface area contributed by atoms with Gasteiger partial charge < -0.3 is 13.7 Å². The van der Waals surface area contributed by atoms with Crippen molar-refractivity contribution in [1.29, 1.82) is 0 Å². The molecular formula is C54H35N3. The molecule has 0 atom stereocenters. The predicted octanol–water partition coefficient (Wildman–Crippen LogP) is 14.3. The van der Waals surface area contributed by atoms with Crippen LogP contribution in [0.4, 0.5) is 0 Å². The summed E-state index contributed by atoms with van der Waals surface area (Å²) in [4.78, 5) is 0. The SMILES string of the molecule is c1ccc(-n2c3ccccc3c3c(-c4ccc5c6ccccc6n(-c6ccc(-c7ccc(-n8c9ccccc9c9ccccc98)cc7)cc6)c5c4)cccc32)cc1. The number of hydrogen-bond acceptors (Lipinski definition) is 0. The lowest BCUT2D eigenvalue weighted by atomic mass is 9.98. The molecule has 0 unspecified atom stereocenters. The van der Waals surface area contributed by atoms with E-state index in [0.717, 1.165) is 11.4 Å². The number of nitrogens with zero attached hydrogens (tertiary/aromatic N) is 3. The van der Waals surface area contributed by atoms with Crippen molar-refractivity contribution in [3.05, 3.63) is 212 Å². The Morgan fingerprint density at radius 2 is 0.614 bits per heavy atom. The summed E-state index contributed by atoms with van der Waals surface area (Å²) in [5.74, 6) is 0. The highest BCUT2D eigenvalue weighted by atomic mass is 15.0. The van der Waals surface area contributed by atoms with Crippen LogP contribution in [-0.4, -0.2) is 13.7 Å². The molecule has 0 aliphatic rings. The molecule has 3 aromatic heterocycles. The molecule has 0 radical (unpaired) electrons. The van der Waals surface area contributed by atoms with Gasteiger partial charge in [0.2, 0.25) is 0 Å². The molecule has 3 nitrogen and oxygen atoms in total. The zero-order valence-corrected chi connectivity index (χ0v) is 31.0. The monoisotopic (exact) mass is 725 g/mol. The molecule has 0 saturated heterocycles. The Bertz CT molecular complexity index is 3440. The Morgan fingerprint density at radius 3 is 1.18 bits per heavy atom. The van der Waals surface area contributed by atoms with E-state index in [1.54, 1.807) is 0 Å². The smallest absolute Gasteiger partial charge is 0.0547 e. The highest BCUT2D eigenvalue weighted by Gasteiger charge is 2.18. The largest absolute Gasteiger partial charge is 0.309 e. The van der Waals surface area contributed by atoms with E-state index in [-0.39, 0.29) is 0 Å². The fourth-order valence-electron chi connectivity index (χ4n) is 9.34. The minimum absolute atomic E-state index is 1.14. The summed E-state index contributed by atoms with van der Waals surface area (Å²) in [6, 6.07) is 77.4. The quantitative estimate of drug-likeness (QED) is 0.168. The van der Waals surface area contributed by atoms with Crippen molar-refractivity contribution in [2.45, 2.75) is 0 Å². The minimum atomic E-state index is 1.14. The summed E-state index contributed by atoms with van der Waals surface area (Å²) >= 11 is 0. The first-order chi connectivity index (χ1) is 28.3. The Kier molecular flexibility index (Phi) is 6.93. The van der Waals surface area contributed by atoms with Gasteiger partial charge in [0.15, 0.2) is 0 Å². The molecule has 0 amide bonds. The first-order valence-corrected chi connectivity index (χ1v) is 19.6. The van der Waals surface area contributed by atoms with Gasteiger partial charge >= 0.3 is 0 Å². The molecule has 57 heavy (non-hydrogen) atoms. The van der Waals surface area contributed by atoms with Crippen molar-refractivity contribution in [3.8, 4) is 39.3 Å². The Hall–Kier alpha value is -7.62. The number of fused-ring (bicyclic) bond motifs is 9. The average Bonchev–Trinajstić information content (AvgIpc) is 3.92. The van der Waals surface area contributed by atoms with E-state index in [1.165, 1.54) is 93.4 Å². The fraction of sp³-hybridized carbons (Fsp3) is 0. The molecule has 9 aromatic carbocycles. The molecule has 0 saturated carbocycles. The number of hydrogen-bond donors (Lipinski definition) is 0. The van der Waals surface area contributed by atoms with E-state index in [0.29, 0.717) is 0 Å². The Morgan fingerprint density at radius 1 is 0.228 bits per heavy atom. The number of rotatable bonds is 5. The molecule has 0 fully saturated rings. The number of para-hydroxylation sites is 5. The molecule has 0 aliphatic carbocycles. The van der Waals surface area contributed by atoms with Gasteiger partial charge in [0.05, 0.1) is 33.1 Å². The lowest BCUT2D eigenvalue weighted by Crippen LogP contribution is -1.95. The predicted molar refractivity (Wildman–Crippen MR) is 240 cm³/mol. The standard InChI is InChI=1S/C54H35N3/c1-2-13-39(14-3-1)56-51-23-11-7-18-47(51)54-42(19-12-24-52(54)56)38-29-34-46-45-17-6-10-22-50(45)57(53(46)35-38)41-32-27-37(28-33-41)36-25-30-40(31-26-36)55-48-20-8-4-15-43(48)44-16-5-9-21-49(44)55/h1-35H. The Balaban J connectivity index is 0.967. The lowest BCUT2D eigenvalue weighted by Gasteiger charge is -2.12. The molecule has 0 aliphatic heterocycles. The topological polar surface area (TPSA) is 14.8 Å². The molecule has 3 heterocycles. The van der Waals surface area contributed by atoms with Gasteiger partial charge in [-0.05, 0) is 95.1 Å². The maximum atomic E-state index is 2.43.